The normalized spacial score (nSPS) is 15.2. The van der Waals surface area contributed by atoms with Crippen LogP contribution in [0.1, 0.15) is 43.9 Å². The number of hydrogen-bond donors (Lipinski definition) is 1. The SMILES string of the molecule is COc1ccc(C(NC(=O)/C=C/c2ccc(N3CCCC3=O)cc2)C(C)C)cc1. The van der Waals surface area contributed by atoms with Gasteiger partial charge in [0.2, 0.25) is 11.8 Å². The quantitative estimate of drug-likeness (QED) is 0.713. The van der Waals surface area contributed by atoms with Gasteiger partial charge >= 0.3 is 0 Å². The van der Waals surface area contributed by atoms with Crippen LogP contribution in [0, 0.1) is 5.92 Å². The van der Waals surface area contributed by atoms with Gasteiger partial charge < -0.3 is 15.0 Å². The summed E-state index contributed by atoms with van der Waals surface area (Å²) in [5.74, 6) is 1.07. The fourth-order valence-corrected chi connectivity index (χ4v) is 3.51. The van der Waals surface area contributed by atoms with Crippen molar-refractivity contribution in [2.24, 2.45) is 5.92 Å². The topological polar surface area (TPSA) is 58.6 Å². The summed E-state index contributed by atoms with van der Waals surface area (Å²) in [4.78, 5) is 26.1. The lowest BCUT2D eigenvalue weighted by molar-refractivity contribution is -0.118. The van der Waals surface area contributed by atoms with Crippen molar-refractivity contribution in [3.63, 3.8) is 0 Å². The Morgan fingerprint density at radius 3 is 2.34 bits per heavy atom. The number of carbonyl (C=O) groups is 2. The molecule has 2 amide bonds. The molecule has 0 aromatic heterocycles. The highest BCUT2D eigenvalue weighted by Crippen LogP contribution is 2.24. The Kier molecular flexibility index (Phi) is 6.70. The minimum Gasteiger partial charge on any atom is -0.497 e. The summed E-state index contributed by atoms with van der Waals surface area (Å²) in [7, 11) is 1.64. The predicted octanol–water partition coefficient (Wildman–Crippen LogP) is 4.35. The van der Waals surface area contributed by atoms with Crippen molar-refractivity contribution >= 4 is 23.6 Å². The van der Waals surface area contributed by atoms with Crippen molar-refractivity contribution in [3.05, 3.63) is 65.7 Å². The number of hydrogen-bond acceptors (Lipinski definition) is 3. The molecule has 0 bridgehead atoms. The molecule has 2 aromatic rings. The van der Waals surface area contributed by atoms with E-state index < -0.39 is 0 Å². The van der Waals surface area contributed by atoms with Crippen molar-refractivity contribution in [2.75, 3.05) is 18.6 Å². The molecule has 0 saturated carbocycles. The highest BCUT2D eigenvalue weighted by molar-refractivity contribution is 5.95. The maximum absolute atomic E-state index is 12.5. The predicted molar refractivity (Wildman–Crippen MR) is 116 cm³/mol. The Balaban J connectivity index is 1.63. The van der Waals surface area contributed by atoms with Crippen molar-refractivity contribution in [1.29, 1.82) is 0 Å². The van der Waals surface area contributed by atoms with E-state index >= 15 is 0 Å². The van der Waals surface area contributed by atoms with Crippen LogP contribution in [0.25, 0.3) is 6.08 Å². The van der Waals surface area contributed by atoms with Gasteiger partial charge in [0.1, 0.15) is 5.75 Å². The molecule has 1 fully saturated rings. The molecular formula is C24H28N2O3. The minimum absolute atomic E-state index is 0.0818. The van der Waals surface area contributed by atoms with Gasteiger partial charge in [-0.05, 0) is 53.8 Å². The lowest BCUT2D eigenvalue weighted by Crippen LogP contribution is -2.30. The maximum Gasteiger partial charge on any atom is 0.244 e. The van der Waals surface area contributed by atoms with Gasteiger partial charge in [-0.15, -0.1) is 0 Å². The van der Waals surface area contributed by atoms with Crippen LogP contribution >= 0.6 is 0 Å². The molecular weight excluding hydrogens is 364 g/mol. The second-order valence-electron chi connectivity index (χ2n) is 7.58. The van der Waals surface area contributed by atoms with Crippen LogP contribution in [0.5, 0.6) is 5.75 Å². The van der Waals surface area contributed by atoms with Gasteiger partial charge in [-0.25, -0.2) is 0 Å². The van der Waals surface area contributed by atoms with Crippen molar-refractivity contribution in [2.45, 2.75) is 32.7 Å². The molecule has 3 rings (SSSR count). The lowest BCUT2D eigenvalue weighted by atomic mass is 9.96. The highest BCUT2D eigenvalue weighted by Gasteiger charge is 2.21. The summed E-state index contributed by atoms with van der Waals surface area (Å²) in [5.41, 5.74) is 2.87. The van der Waals surface area contributed by atoms with Crippen molar-refractivity contribution in [1.82, 2.24) is 5.32 Å². The molecule has 1 heterocycles. The molecule has 0 radical (unpaired) electrons. The van der Waals surface area contributed by atoms with Gasteiger partial charge in [0.25, 0.3) is 0 Å². The van der Waals surface area contributed by atoms with Crippen LogP contribution in [-0.4, -0.2) is 25.5 Å². The number of carbonyl (C=O) groups excluding carboxylic acids is 2. The first-order chi connectivity index (χ1) is 14.0. The second kappa shape index (κ2) is 9.41. The zero-order valence-electron chi connectivity index (χ0n) is 17.2. The first-order valence-corrected chi connectivity index (χ1v) is 10.0. The van der Waals surface area contributed by atoms with Crippen LogP contribution in [0.3, 0.4) is 0 Å². The number of ether oxygens (including phenoxy) is 1. The maximum atomic E-state index is 12.5. The molecule has 5 nitrogen and oxygen atoms in total. The minimum atomic E-state index is -0.140. The summed E-state index contributed by atoms with van der Waals surface area (Å²) in [5, 5.41) is 3.08. The summed E-state index contributed by atoms with van der Waals surface area (Å²) < 4.78 is 5.20. The molecule has 1 N–H and O–H groups in total. The van der Waals surface area contributed by atoms with Crippen LogP contribution in [0.2, 0.25) is 0 Å². The van der Waals surface area contributed by atoms with Gasteiger partial charge in [0.15, 0.2) is 0 Å². The third-order valence-corrected chi connectivity index (χ3v) is 5.14. The molecule has 5 heteroatoms. The zero-order chi connectivity index (χ0) is 20.8. The smallest absolute Gasteiger partial charge is 0.244 e. The van der Waals surface area contributed by atoms with Gasteiger partial charge in [0, 0.05) is 24.7 Å². The highest BCUT2D eigenvalue weighted by atomic mass is 16.5. The standard InChI is InChI=1S/C24H28N2O3/c1-17(2)24(19-9-13-21(29-3)14-10-19)25-22(27)15-8-18-6-11-20(12-7-18)26-16-4-5-23(26)28/h6-15,17,24H,4-5,16H2,1-3H3,(H,25,27)/b15-8+. The number of amides is 2. The first kappa shape index (κ1) is 20.6. The van der Waals surface area contributed by atoms with E-state index in [0.29, 0.717) is 6.42 Å². The Morgan fingerprint density at radius 2 is 1.79 bits per heavy atom. The van der Waals surface area contributed by atoms with E-state index in [1.807, 2.05) is 53.4 Å². The lowest BCUT2D eigenvalue weighted by Gasteiger charge is -2.22. The number of rotatable bonds is 7. The number of nitrogens with one attached hydrogen (secondary N) is 1. The molecule has 152 valence electrons. The zero-order valence-corrected chi connectivity index (χ0v) is 17.2. The molecule has 1 aliphatic rings. The molecule has 29 heavy (non-hydrogen) atoms. The molecule has 2 aromatic carbocycles. The van der Waals surface area contributed by atoms with Crippen LogP contribution in [-0.2, 0) is 9.59 Å². The summed E-state index contributed by atoms with van der Waals surface area (Å²) in [6.45, 7) is 4.94. The number of anilines is 1. The van der Waals surface area contributed by atoms with Crippen LogP contribution < -0.4 is 15.0 Å². The van der Waals surface area contributed by atoms with Crippen LogP contribution in [0.4, 0.5) is 5.69 Å². The fourth-order valence-electron chi connectivity index (χ4n) is 3.51. The van der Waals surface area contributed by atoms with Crippen LogP contribution in [0.15, 0.2) is 54.6 Å². The van der Waals surface area contributed by atoms with E-state index in [4.69, 9.17) is 4.74 Å². The Bertz CT molecular complexity index is 870. The van der Waals surface area contributed by atoms with Gasteiger partial charge in [-0.1, -0.05) is 38.1 Å². The molecule has 1 aliphatic heterocycles. The van der Waals surface area contributed by atoms with Gasteiger partial charge in [-0.2, -0.15) is 0 Å². The summed E-state index contributed by atoms with van der Waals surface area (Å²) >= 11 is 0. The van der Waals surface area contributed by atoms with E-state index in [1.54, 1.807) is 19.3 Å². The average Bonchev–Trinajstić information content (AvgIpc) is 3.16. The van der Waals surface area contributed by atoms with Crippen molar-refractivity contribution < 1.29 is 14.3 Å². The third-order valence-electron chi connectivity index (χ3n) is 5.14. The van der Waals surface area contributed by atoms with E-state index in [1.165, 1.54) is 0 Å². The molecule has 1 unspecified atom stereocenters. The fraction of sp³-hybridized carbons (Fsp3) is 0.333. The van der Waals surface area contributed by atoms with E-state index in [2.05, 4.69) is 19.2 Å². The monoisotopic (exact) mass is 392 g/mol. The summed E-state index contributed by atoms with van der Waals surface area (Å²) in [6, 6.07) is 15.4. The van der Waals surface area contributed by atoms with E-state index in [0.717, 1.165) is 35.5 Å². The molecule has 0 spiro atoms. The summed E-state index contributed by atoms with van der Waals surface area (Å²) in [6.07, 6.45) is 4.87. The first-order valence-electron chi connectivity index (χ1n) is 10.0. The molecule has 1 saturated heterocycles. The van der Waals surface area contributed by atoms with Gasteiger partial charge in [0.05, 0.1) is 13.2 Å². The number of nitrogens with zero attached hydrogens (tertiary/aromatic N) is 1. The molecule has 1 atom stereocenters. The third kappa shape index (κ3) is 5.25. The Labute approximate surface area is 172 Å². The largest absolute Gasteiger partial charge is 0.497 e. The number of benzene rings is 2. The van der Waals surface area contributed by atoms with Gasteiger partial charge in [-0.3, -0.25) is 9.59 Å². The van der Waals surface area contributed by atoms with E-state index in [-0.39, 0.29) is 23.8 Å². The number of methoxy groups -OCH3 is 1. The van der Waals surface area contributed by atoms with Crippen molar-refractivity contribution in [3.8, 4) is 5.75 Å². The molecule has 0 aliphatic carbocycles. The Morgan fingerprint density at radius 1 is 1.10 bits per heavy atom. The average molecular weight is 392 g/mol. The Hall–Kier alpha value is -3.08. The van der Waals surface area contributed by atoms with E-state index in [9.17, 15) is 9.59 Å². The second-order valence-corrected chi connectivity index (χ2v) is 7.58.